The Morgan fingerprint density at radius 3 is 2.64 bits per heavy atom. The Bertz CT molecular complexity index is 814. The van der Waals surface area contributed by atoms with Gasteiger partial charge in [0.25, 0.3) is 10.0 Å². The molecule has 1 heterocycles. The predicted molar refractivity (Wildman–Crippen MR) is 75.8 cm³/mol. The molecule has 8 heteroatoms. The Hall–Kier alpha value is -2.22. The van der Waals surface area contributed by atoms with E-state index in [0.29, 0.717) is 6.42 Å². The van der Waals surface area contributed by atoms with Crippen molar-refractivity contribution in [1.29, 1.82) is 0 Å². The number of nitrogens with zero attached hydrogens (tertiary/aromatic N) is 2. The van der Waals surface area contributed by atoms with Crippen molar-refractivity contribution in [2.75, 3.05) is 0 Å². The monoisotopic (exact) mass is 323 g/mol. The highest BCUT2D eigenvalue weighted by molar-refractivity contribution is 7.90. The topological polar surface area (TPSA) is 81.1 Å². The molecule has 116 valence electrons. The van der Waals surface area contributed by atoms with Crippen LogP contribution in [0.15, 0.2) is 41.6 Å². The van der Waals surface area contributed by atoms with Gasteiger partial charge in [-0.25, -0.2) is 17.5 Å². The Morgan fingerprint density at radius 1 is 1.36 bits per heavy atom. The highest BCUT2D eigenvalue weighted by Crippen LogP contribution is 2.47. The van der Waals surface area contributed by atoms with E-state index in [-0.39, 0.29) is 16.7 Å². The number of amides is 1. The van der Waals surface area contributed by atoms with E-state index in [0.717, 1.165) is 29.8 Å². The number of sulfonamides is 1. The molecule has 1 amide bonds. The summed E-state index contributed by atoms with van der Waals surface area (Å²) in [6.45, 7) is 0. The zero-order chi connectivity index (χ0) is 15.9. The molecule has 1 aromatic carbocycles. The van der Waals surface area contributed by atoms with Crippen molar-refractivity contribution in [3.8, 4) is 0 Å². The molecule has 0 saturated heterocycles. The maximum absolute atomic E-state index is 12.8. The number of aromatic nitrogens is 2. The summed E-state index contributed by atoms with van der Waals surface area (Å²) in [5.41, 5.74) is 0.918. The van der Waals surface area contributed by atoms with Crippen LogP contribution in [0.5, 0.6) is 0 Å². The van der Waals surface area contributed by atoms with Crippen LogP contribution in [-0.2, 0) is 21.9 Å². The van der Waals surface area contributed by atoms with Gasteiger partial charge in [-0.05, 0) is 42.2 Å². The molecule has 3 rings (SSSR count). The second-order valence-electron chi connectivity index (χ2n) is 5.32. The van der Waals surface area contributed by atoms with Crippen LogP contribution >= 0.6 is 0 Å². The minimum Gasteiger partial charge on any atom is -0.276 e. The van der Waals surface area contributed by atoms with Crippen LogP contribution in [0.4, 0.5) is 4.39 Å². The number of aryl methyl sites for hydroxylation is 1. The van der Waals surface area contributed by atoms with E-state index in [1.165, 1.54) is 0 Å². The van der Waals surface area contributed by atoms with Gasteiger partial charge in [0.2, 0.25) is 5.91 Å². The molecule has 0 radical (unpaired) electrons. The lowest BCUT2D eigenvalue weighted by molar-refractivity contribution is -0.120. The first-order valence-corrected chi connectivity index (χ1v) is 8.16. The third-order valence-electron chi connectivity index (χ3n) is 3.64. The van der Waals surface area contributed by atoms with E-state index in [4.69, 9.17) is 0 Å². The van der Waals surface area contributed by atoms with Crippen molar-refractivity contribution in [1.82, 2.24) is 14.5 Å². The second-order valence-corrected chi connectivity index (χ2v) is 7.00. The highest BCUT2D eigenvalue weighted by atomic mass is 32.2. The predicted octanol–water partition coefficient (Wildman–Crippen LogP) is 1.17. The number of carbonyl (C=O) groups is 1. The molecule has 2 atom stereocenters. The van der Waals surface area contributed by atoms with E-state index in [1.54, 1.807) is 17.9 Å². The van der Waals surface area contributed by atoms with Crippen molar-refractivity contribution < 1.29 is 17.6 Å². The van der Waals surface area contributed by atoms with Crippen LogP contribution < -0.4 is 4.72 Å². The van der Waals surface area contributed by atoms with Gasteiger partial charge in [-0.1, -0.05) is 0 Å². The molecular weight excluding hydrogens is 309 g/mol. The van der Waals surface area contributed by atoms with Crippen molar-refractivity contribution >= 4 is 15.9 Å². The van der Waals surface area contributed by atoms with Gasteiger partial charge in [0.1, 0.15) is 5.82 Å². The summed E-state index contributed by atoms with van der Waals surface area (Å²) in [5, 5.41) is 4.03. The smallest absolute Gasteiger partial charge is 0.264 e. The molecule has 0 aliphatic heterocycles. The summed E-state index contributed by atoms with van der Waals surface area (Å²) in [6, 6.07) is 4.32. The van der Waals surface area contributed by atoms with E-state index in [1.807, 2.05) is 10.9 Å². The van der Waals surface area contributed by atoms with Gasteiger partial charge in [-0.15, -0.1) is 0 Å². The maximum atomic E-state index is 12.8. The van der Waals surface area contributed by atoms with Gasteiger partial charge >= 0.3 is 0 Å². The minimum absolute atomic E-state index is 0.00267. The quantitative estimate of drug-likeness (QED) is 0.916. The normalized spacial score (nSPS) is 20.6. The molecule has 22 heavy (non-hydrogen) atoms. The second kappa shape index (κ2) is 5.20. The van der Waals surface area contributed by atoms with Crippen molar-refractivity contribution in [2.24, 2.45) is 13.0 Å². The molecule has 1 aliphatic rings. The number of carbonyl (C=O) groups excluding carboxylic acids is 1. The molecule has 1 aliphatic carbocycles. The lowest BCUT2D eigenvalue weighted by atomic mass is 10.2. The number of halogens is 1. The fourth-order valence-corrected chi connectivity index (χ4v) is 3.39. The standard InChI is InChI=1S/C14H14FN3O3S/c1-18-8-9(7-16-18)12-6-13(12)14(19)17-22(20,21)11-4-2-10(15)3-5-11/h2-5,7-8,12-13H,6H2,1H3,(H,17,19)/t12-,13-/m1/s1. The van der Waals surface area contributed by atoms with Crippen LogP contribution in [0.3, 0.4) is 0 Å². The summed E-state index contributed by atoms with van der Waals surface area (Å²) in [5.74, 6) is -1.46. The van der Waals surface area contributed by atoms with E-state index < -0.39 is 21.7 Å². The Balaban J connectivity index is 1.68. The van der Waals surface area contributed by atoms with Gasteiger partial charge in [-0.3, -0.25) is 9.48 Å². The third kappa shape index (κ3) is 2.87. The van der Waals surface area contributed by atoms with Crippen LogP contribution in [0, 0.1) is 11.7 Å². The minimum atomic E-state index is -3.97. The molecule has 1 aromatic heterocycles. The first-order valence-electron chi connectivity index (χ1n) is 6.67. The Morgan fingerprint density at radius 2 is 2.05 bits per heavy atom. The van der Waals surface area contributed by atoms with Crippen LogP contribution in [-0.4, -0.2) is 24.1 Å². The molecule has 6 nitrogen and oxygen atoms in total. The fraction of sp³-hybridized carbons (Fsp3) is 0.286. The summed E-state index contributed by atoms with van der Waals surface area (Å²) in [6.07, 6.45) is 4.08. The van der Waals surface area contributed by atoms with Crippen molar-refractivity contribution in [3.63, 3.8) is 0 Å². The van der Waals surface area contributed by atoms with Gasteiger partial charge in [-0.2, -0.15) is 5.10 Å². The zero-order valence-corrected chi connectivity index (χ0v) is 12.5. The maximum Gasteiger partial charge on any atom is 0.264 e. The molecule has 2 aromatic rings. The largest absolute Gasteiger partial charge is 0.276 e. The van der Waals surface area contributed by atoms with Gasteiger partial charge in [0, 0.05) is 19.2 Å². The van der Waals surface area contributed by atoms with E-state index >= 15 is 0 Å². The number of benzene rings is 1. The first-order chi connectivity index (χ1) is 10.4. The zero-order valence-electron chi connectivity index (χ0n) is 11.7. The van der Waals surface area contributed by atoms with Crippen LogP contribution in [0.25, 0.3) is 0 Å². The van der Waals surface area contributed by atoms with Crippen LogP contribution in [0.1, 0.15) is 17.9 Å². The van der Waals surface area contributed by atoms with Crippen molar-refractivity contribution in [2.45, 2.75) is 17.2 Å². The average Bonchev–Trinajstić information content (AvgIpc) is 3.14. The van der Waals surface area contributed by atoms with Gasteiger partial charge in [0.15, 0.2) is 0 Å². The number of hydrogen-bond donors (Lipinski definition) is 1. The Kier molecular flexibility index (Phi) is 3.48. The molecular formula is C14H14FN3O3S. The van der Waals surface area contributed by atoms with Gasteiger partial charge in [0.05, 0.1) is 11.1 Å². The molecule has 0 spiro atoms. The average molecular weight is 323 g/mol. The van der Waals surface area contributed by atoms with Crippen molar-refractivity contribution in [3.05, 3.63) is 48.0 Å². The lowest BCUT2D eigenvalue weighted by Gasteiger charge is -2.06. The van der Waals surface area contributed by atoms with E-state index in [9.17, 15) is 17.6 Å². The number of rotatable bonds is 4. The third-order valence-corrected chi connectivity index (χ3v) is 5.00. The summed E-state index contributed by atoms with van der Waals surface area (Å²) < 4.78 is 40.6. The highest BCUT2D eigenvalue weighted by Gasteiger charge is 2.45. The Labute approximate surface area is 127 Å². The molecule has 1 fully saturated rings. The molecule has 0 bridgehead atoms. The summed E-state index contributed by atoms with van der Waals surface area (Å²) >= 11 is 0. The summed E-state index contributed by atoms with van der Waals surface area (Å²) in [7, 11) is -2.19. The van der Waals surface area contributed by atoms with E-state index in [2.05, 4.69) is 5.10 Å². The van der Waals surface area contributed by atoms with Crippen LogP contribution in [0.2, 0.25) is 0 Å². The first kappa shape index (κ1) is 14.7. The molecule has 1 N–H and O–H groups in total. The SMILES string of the molecule is Cn1cc([C@H]2C[C@H]2C(=O)NS(=O)(=O)c2ccc(F)cc2)cn1. The van der Waals surface area contributed by atoms with Gasteiger partial charge < -0.3 is 0 Å². The number of hydrogen-bond acceptors (Lipinski definition) is 4. The number of nitrogens with one attached hydrogen (secondary N) is 1. The molecule has 0 unspecified atom stereocenters. The molecule has 1 saturated carbocycles. The fourth-order valence-electron chi connectivity index (χ4n) is 2.37. The summed E-state index contributed by atoms with van der Waals surface area (Å²) in [4.78, 5) is 11.9. The lowest BCUT2D eigenvalue weighted by Crippen LogP contribution is -2.32.